The van der Waals surface area contributed by atoms with Gasteiger partial charge in [0.2, 0.25) is 0 Å². The van der Waals surface area contributed by atoms with E-state index in [4.69, 9.17) is 5.41 Å². The highest BCUT2D eigenvalue weighted by Gasteiger charge is 2.11. The number of nitrogens with one attached hydrogen (secondary N) is 1. The zero-order valence-electron chi connectivity index (χ0n) is 13.4. The van der Waals surface area contributed by atoms with Crippen LogP contribution in [-0.4, -0.2) is 21.8 Å². The molecule has 3 aromatic rings. The van der Waals surface area contributed by atoms with Crippen LogP contribution in [0.4, 0.5) is 0 Å². The van der Waals surface area contributed by atoms with Crippen LogP contribution in [0.25, 0.3) is 22.0 Å². The molecule has 0 unspecified atom stereocenters. The van der Waals surface area contributed by atoms with Crippen molar-refractivity contribution in [1.82, 2.24) is 4.98 Å². The third kappa shape index (κ3) is 3.04. The van der Waals surface area contributed by atoms with Gasteiger partial charge in [-0.25, -0.2) is 9.78 Å². The number of carboxylic acid groups (broad SMARTS) is 1. The van der Waals surface area contributed by atoms with Crippen LogP contribution < -0.4 is 0 Å². The van der Waals surface area contributed by atoms with Crippen LogP contribution in [0.15, 0.2) is 54.6 Å². The number of rotatable bonds is 5. The van der Waals surface area contributed by atoms with Crippen molar-refractivity contribution in [2.24, 2.45) is 0 Å². The minimum Gasteiger partial charge on any atom is -0.477 e. The van der Waals surface area contributed by atoms with Crippen molar-refractivity contribution in [3.05, 3.63) is 65.9 Å². The third-order valence-electron chi connectivity index (χ3n) is 3.96. The summed E-state index contributed by atoms with van der Waals surface area (Å²) in [6.07, 6.45) is 1.67. The van der Waals surface area contributed by atoms with Crippen molar-refractivity contribution in [2.45, 2.75) is 19.8 Å². The zero-order valence-corrected chi connectivity index (χ0v) is 13.4. The molecule has 0 spiro atoms. The van der Waals surface area contributed by atoms with E-state index in [0.717, 1.165) is 34.9 Å². The molecular weight excluding hydrogens is 300 g/mol. The molecule has 0 amide bonds. The van der Waals surface area contributed by atoms with E-state index in [9.17, 15) is 9.90 Å². The first-order valence-electron chi connectivity index (χ1n) is 7.91. The molecule has 4 heteroatoms. The molecule has 4 nitrogen and oxygen atoms in total. The van der Waals surface area contributed by atoms with Crippen molar-refractivity contribution in [2.75, 3.05) is 0 Å². The Bertz CT molecular complexity index is 932. The smallest absolute Gasteiger partial charge is 0.354 e. The number of benzene rings is 2. The molecule has 1 aromatic heterocycles. The maximum atomic E-state index is 11.2. The monoisotopic (exact) mass is 318 g/mol. The van der Waals surface area contributed by atoms with Gasteiger partial charge >= 0.3 is 5.97 Å². The average molecular weight is 318 g/mol. The number of hydrogen-bond acceptors (Lipinski definition) is 3. The van der Waals surface area contributed by atoms with Crippen LogP contribution in [0.3, 0.4) is 0 Å². The van der Waals surface area contributed by atoms with E-state index in [0.29, 0.717) is 11.2 Å². The Labute approximate surface area is 140 Å². The Morgan fingerprint density at radius 3 is 2.67 bits per heavy atom. The standard InChI is InChI=1S/C20H18N2O2/c1-2-5-17(21)15-8-3-7-14(12-15)16-9-4-6-13-10-11-18(20(23)24)22-19(13)16/h3-4,6-12,21H,2,5H2,1H3,(H,23,24). The lowest BCUT2D eigenvalue weighted by molar-refractivity contribution is 0.0691. The lowest BCUT2D eigenvalue weighted by Gasteiger charge is -2.09. The van der Waals surface area contributed by atoms with E-state index >= 15 is 0 Å². The number of para-hydroxylation sites is 1. The molecule has 0 atom stereocenters. The van der Waals surface area contributed by atoms with E-state index in [-0.39, 0.29) is 5.69 Å². The molecule has 0 aliphatic heterocycles. The van der Waals surface area contributed by atoms with Crippen molar-refractivity contribution in [1.29, 1.82) is 5.41 Å². The summed E-state index contributed by atoms with van der Waals surface area (Å²) in [7, 11) is 0. The minimum atomic E-state index is -1.04. The summed E-state index contributed by atoms with van der Waals surface area (Å²) in [6.45, 7) is 2.06. The molecule has 0 aliphatic carbocycles. The summed E-state index contributed by atoms with van der Waals surface area (Å²) >= 11 is 0. The molecule has 2 N–H and O–H groups in total. The topological polar surface area (TPSA) is 74.0 Å². The maximum Gasteiger partial charge on any atom is 0.354 e. The molecule has 3 rings (SSSR count). The molecule has 0 saturated heterocycles. The Hall–Kier alpha value is -3.01. The van der Waals surface area contributed by atoms with Crippen LogP contribution in [-0.2, 0) is 0 Å². The summed E-state index contributed by atoms with van der Waals surface area (Å²) < 4.78 is 0. The Morgan fingerprint density at radius 1 is 1.12 bits per heavy atom. The summed E-state index contributed by atoms with van der Waals surface area (Å²) in [5.74, 6) is -1.04. The Morgan fingerprint density at radius 2 is 1.92 bits per heavy atom. The van der Waals surface area contributed by atoms with Crippen molar-refractivity contribution in [3.8, 4) is 11.1 Å². The molecular formula is C20H18N2O2. The second-order valence-electron chi connectivity index (χ2n) is 5.69. The Balaban J connectivity index is 2.15. The second-order valence-corrected chi connectivity index (χ2v) is 5.69. The first-order valence-corrected chi connectivity index (χ1v) is 7.91. The molecule has 0 fully saturated rings. The Kier molecular flexibility index (Phi) is 4.38. The number of carbonyl (C=O) groups is 1. The van der Waals surface area contributed by atoms with E-state index < -0.39 is 5.97 Å². The number of fused-ring (bicyclic) bond motifs is 1. The third-order valence-corrected chi connectivity index (χ3v) is 3.96. The summed E-state index contributed by atoms with van der Waals surface area (Å²) in [6, 6.07) is 16.9. The van der Waals surface area contributed by atoms with Gasteiger partial charge in [0, 0.05) is 16.7 Å². The number of aromatic carboxylic acids is 1. The summed E-state index contributed by atoms with van der Waals surface area (Å²) in [5, 5.41) is 18.2. The quantitative estimate of drug-likeness (QED) is 0.666. The van der Waals surface area contributed by atoms with Crippen LogP contribution in [0.1, 0.15) is 35.8 Å². The van der Waals surface area contributed by atoms with Crippen molar-refractivity contribution < 1.29 is 9.90 Å². The van der Waals surface area contributed by atoms with Crippen molar-refractivity contribution >= 4 is 22.6 Å². The maximum absolute atomic E-state index is 11.2. The van der Waals surface area contributed by atoms with Gasteiger partial charge < -0.3 is 10.5 Å². The van der Waals surface area contributed by atoms with Gasteiger partial charge in [0.15, 0.2) is 0 Å². The molecule has 0 radical (unpaired) electrons. The molecule has 0 bridgehead atoms. The molecule has 1 heterocycles. The number of hydrogen-bond donors (Lipinski definition) is 2. The normalized spacial score (nSPS) is 10.7. The van der Waals surface area contributed by atoms with Gasteiger partial charge in [0.25, 0.3) is 0 Å². The van der Waals surface area contributed by atoms with E-state index in [1.54, 1.807) is 6.07 Å². The first-order chi connectivity index (χ1) is 11.6. The average Bonchev–Trinajstić information content (AvgIpc) is 2.61. The van der Waals surface area contributed by atoms with E-state index in [1.165, 1.54) is 6.07 Å². The van der Waals surface area contributed by atoms with Crippen molar-refractivity contribution in [3.63, 3.8) is 0 Å². The second kappa shape index (κ2) is 6.62. The highest BCUT2D eigenvalue weighted by molar-refractivity contribution is 6.01. The molecule has 0 aliphatic rings. The summed E-state index contributed by atoms with van der Waals surface area (Å²) in [5.41, 5.74) is 4.01. The fraction of sp³-hybridized carbons (Fsp3) is 0.150. The fourth-order valence-electron chi connectivity index (χ4n) is 2.77. The lowest BCUT2D eigenvalue weighted by Crippen LogP contribution is -2.01. The predicted octanol–water partition coefficient (Wildman–Crippen LogP) is 4.77. The van der Waals surface area contributed by atoms with Gasteiger partial charge in [-0.3, -0.25) is 0 Å². The molecule has 120 valence electrons. The highest BCUT2D eigenvalue weighted by Crippen LogP contribution is 2.28. The number of carboxylic acids is 1. The van der Waals surface area contributed by atoms with Crippen LogP contribution >= 0.6 is 0 Å². The van der Waals surface area contributed by atoms with Gasteiger partial charge in [0.05, 0.1) is 5.52 Å². The van der Waals surface area contributed by atoms with Crippen LogP contribution in [0.5, 0.6) is 0 Å². The molecule has 24 heavy (non-hydrogen) atoms. The van der Waals surface area contributed by atoms with E-state index in [1.807, 2.05) is 42.5 Å². The van der Waals surface area contributed by atoms with Crippen LogP contribution in [0.2, 0.25) is 0 Å². The zero-order chi connectivity index (χ0) is 17.1. The summed E-state index contributed by atoms with van der Waals surface area (Å²) in [4.78, 5) is 15.5. The highest BCUT2D eigenvalue weighted by atomic mass is 16.4. The molecule has 2 aromatic carbocycles. The molecule has 0 saturated carbocycles. The largest absolute Gasteiger partial charge is 0.477 e. The number of aromatic nitrogens is 1. The SMILES string of the molecule is CCCC(=N)c1cccc(-c2cccc3ccc(C(=O)O)nc23)c1. The lowest BCUT2D eigenvalue weighted by atomic mass is 9.97. The van der Waals surface area contributed by atoms with Gasteiger partial charge in [-0.15, -0.1) is 0 Å². The minimum absolute atomic E-state index is 0.0323. The predicted molar refractivity (Wildman–Crippen MR) is 95.9 cm³/mol. The number of nitrogens with zero attached hydrogens (tertiary/aromatic N) is 1. The van der Waals surface area contributed by atoms with Gasteiger partial charge in [-0.1, -0.05) is 55.8 Å². The number of pyridine rings is 1. The van der Waals surface area contributed by atoms with Gasteiger partial charge in [-0.2, -0.15) is 0 Å². The first kappa shape index (κ1) is 15.9. The van der Waals surface area contributed by atoms with E-state index in [2.05, 4.69) is 11.9 Å². The van der Waals surface area contributed by atoms with Gasteiger partial charge in [-0.05, 0) is 29.7 Å². The fourth-order valence-corrected chi connectivity index (χ4v) is 2.77. The van der Waals surface area contributed by atoms with Gasteiger partial charge in [0.1, 0.15) is 5.69 Å². The van der Waals surface area contributed by atoms with Crippen LogP contribution in [0, 0.1) is 5.41 Å².